The van der Waals surface area contributed by atoms with Crippen LogP contribution in [-0.2, 0) is 39.9 Å². The number of thiol groups is 2. The molecule has 86 valence electrons. The Labute approximate surface area is 87.8 Å². The topological polar surface area (TPSA) is 121 Å². The summed E-state index contributed by atoms with van der Waals surface area (Å²) in [6.45, 7) is 3.02. The van der Waals surface area contributed by atoms with Crippen molar-refractivity contribution in [2.45, 2.75) is 6.42 Å². The molecule has 0 amide bonds. The maximum Gasteiger partial charge on any atom is 0.349 e. The first-order valence-corrected chi connectivity index (χ1v) is 5.41. The Morgan fingerprint density at radius 1 is 1.00 bits per heavy atom. The summed E-state index contributed by atoms with van der Waals surface area (Å²) in [5.41, 5.74) is -0.531. The van der Waals surface area contributed by atoms with E-state index < -0.39 is 45.9 Å². The zero-order valence-electron chi connectivity index (χ0n) is 7.07. The van der Waals surface area contributed by atoms with Crippen LogP contribution >= 0.6 is 0 Å². The van der Waals surface area contributed by atoms with E-state index in [9.17, 15) is 26.4 Å². The van der Waals surface area contributed by atoms with Gasteiger partial charge in [0.25, 0.3) is 0 Å². The van der Waals surface area contributed by atoms with E-state index >= 15 is 0 Å². The predicted octanol–water partition coefficient (Wildman–Crippen LogP) is -1.93. The molecule has 8 nitrogen and oxygen atoms in total. The Bertz CT molecular complexity index is 412. The number of carbonyl (C=O) groups excluding carboxylic acids is 2. The Kier molecular flexibility index (Phi) is 5.56. The van der Waals surface area contributed by atoms with Gasteiger partial charge in [-0.2, -0.15) is 16.8 Å². The normalized spacial score (nSPS) is 10.0. The molecular formula is C5H6O8S2. The molecule has 0 spiro atoms. The third-order valence-corrected chi connectivity index (χ3v) is 1.65. The van der Waals surface area contributed by atoms with Gasteiger partial charge in [-0.15, -0.1) is 0 Å². The van der Waals surface area contributed by atoms with E-state index in [-0.39, 0.29) is 0 Å². The summed E-state index contributed by atoms with van der Waals surface area (Å²) in [6.07, 6.45) is -0.772. The molecule has 0 rings (SSSR count). The first-order chi connectivity index (χ1) is 6.82. The van der Waals surface area contributed by atoms with Gasteiger partial charge in [-0.25, -0.2) is 4.79 Å². The molecule has 10 heteroatoms. The highest BCUT2D eigenvalue weighted by Gasteiger charge is 2.15. The van der Waals surface area contributed by atoms with Gasteiger partial charge in [-0.3, -0.25) is 4.79 Å². The molecule has 0 aliphatic carbocycles. The lowest BCUT2D eigenvalue weighted by atomic mass is 10.2. The third kappa shape index (κ3) is 6.62. The van der Waals surface area contributed by atoms with Gasteiger partial charge >= 0.3 is 33.9 Å². The lowest BCUT2D eigenvalue weighted by molar-refractivity contribution is -0.136. The highest BCUT2D eigenvalue weighted by molar-refractivity contribution is 7.67. The van der Waals surface area contributed by atoms with Crippen molar-refractivity contribution in [3.8, 4) is 0 Å². The van der Waals surface area contributed by atoms with Crippen LogP contribution < -0.4 is 0 Å². The van der Waals surface area contributed by atoms with Crippen LogP contribution in [0.4, 0.5) is 0 Å². The largest absolute Gasteiger partial charge is 0.349 e. The molecule has 15 heavy (non-hydrogen) atoms. The maximum absolute atomic E-state index is 10.7. The van der Waals surface area contributed by atoms with Gasteiger partial charge in [0.05, 0.1) is 6.42 Å². The average molecular weight is 258 g/mol. The van der Waals surface area contributed by atoms with Gasteiger partial charge < -0.3 is 8.37 Å². The van der Waals surface area contributed by atoms with Crippen LogP contribution in [-0.4, -0.2) is 28.8 Å². The molecule has 0 radical (unpaired) electrons. The summed E-state index contributed by atoms with van der Waals surface area (Å²) < 4.78 is 47.0. The minimum Gasteiger partial charge on any atom is -0.347 e. The monoisotopic (exact) mass is 258 g/mol. The fraction of sp³-hybridized carbons (Fsp3) is 0.200. The smallest absolute Gasteiger partial charge is 0.347 e. The van der Waals surface area contributed by atoms with E-state index in [4.69, 9.17) is 0 Å². The molecule has 0 atom stereocenters. The summed E-state index contributed by atoms with van der Waals surface area (Å²) in [5.74, 6) is -2.60. The molecule has 0 bridgehead atoms. The molecule has 0 saturated carbocycles. The second-order valence-electron chi connectivity index (χ2n) is 2.07. The zero-order chi connectivity index (χ0) is 12.0. The first-order valence-electron chi connectivity index (χ1n) is 3.22. The average Bonchev–Trinajstić information content (AvgIpc) is 2.00. The molecule has 0 fully saturated rings. The van der Waals surface area contributed by atoms with E-state index in [1.165, 1.54) is 0 Å². The quantitative estimate of drug-likeness (QED) is 0.432. The van der Waals surface area contributed by atoms with Gasteiger partial charge in [0.1, 0.15) is 0 Å². The maximum atomic E-state index is 10.7. The Hall–Kier alpha value is -1.42. The fourth-order valence-electron chi connectivity index (χ4n) is 0.494. The number of carbonyl (C=O) groups is 2. The van der Waals surface area contributed by atoms with Crippen LogP contribution in [0.1, 0.15) is 6.42 Å². The van der Waals surface area contributed by atoms with Crippen molar-refractivity contribution in [2.24, 2.45) is 0 Å². The molecule has 0 aliphatic rings. The SMILES string of the molecule is C=C(CC(=O)O[SH](=O)=O)C(=O)O[SH](=O)=O. The minimum atomic E-state index is -3.40. The summed E-state index contributed by atoms with van der Waals surface area (Å²) >= 11 is 0. The van der Waals surface area contributed by atoms with Crippen LogP contribution in [0.3, 0.4) is 0 Å². The van der Waals surface area contributed by atoms with E-state index in [2.05, 4.69) is 14.9 Å². The van der Waals surface area contributed by atoms with Gasteiger partial charge in [0.2, 0.25) is 0 Å². The molecule has 0 saturated heterocycles. The molecule has 0 aromatic carbocycles. The van der Waals surface area contributed by atoms with E-state index in [1.807, 2.05) is 0 Å². The minimum absolute atomic E-state index is 0.531. The van der Waals surface area contributed by atoms with Crippen LogP contribution in [0.5, 0.6) is 0 Å². The fourth-order valence-corrected chi connectivity index (χ4v) is 0.989. The van der Waals surface area contributed by atoms with E-state index in [0.29, 0.717) is 0 Å². The highest BCUT2D eigenvalue weighted by atomic mass is 32.2. The molecule has 0 aliphatic heterocycles. The van der Waals surface area contributed by atoms with E-state index in [0.717, 1.165) is 0 Å². The van der Waals surface area contributed by atoms with E-state index in [1.54, 1.807) is 0 Å². The standard InChI is InChI=1S/C5H6O8S2/c1-3(5(7)13-15(10)11)2-4(6)12-14(8)9/h14-15H,1-2H2. The van der Waals surface area contributed by atoms with Gasteiger partial charge in [-0.05, 0) is 0 Å². The predicted molar refractivity (Wildman–Crippen MR) is 46.6 cm³/mol. The first kappa shape index (κ1) is 13.6. The summed E-state index contributed by atoms with van der Waals surface area (Å²) in [7, 11) is -6.76. The van der Waals surface area contributed by atoms with Gasteiger partial charge in [-0.1, -0.05) is 6.58 Å². The molecule has 0 N–H and O–H groups in total. The summed E-state index contributed by atoms with van der Waals surface area (Å²) in [5, 5.41) is 0. The van der Waals surface area contributed by atoms with Gasteiger partial charge in [0.15, 0.2) is 0 Å². The lowest BCUT2D eigenvalue weighted by Crippen LogP contribution is -2.11. The van der Waals surface area contributed by atoms with Crippen molar-refractivity contribution in [2.75, 3.05) is 0 Å². The van der Waals surface area contributed by atoms with Crippen molar-refractivity contribution in [3.63, 3.8) is 0 Å². The molecule has 0 unspecified atom stereocenters. The van der Waals surface area contributed by atoms with Crippen LogP contribution in [0.2, 0.25) is 0 Å². The Morgan fingerprint density at radius 2 is 1.47 bits per heavy atom. The molecule has 0 aromatic heterocycles. The lowest BCUT2D eigenvalue weighted by Gasteiger charge is -1.99. The second-order valence-corrected chi connectivity index (χ2v) is 3.33. The third-order valence-electron chi connectivity index (χ3n) is 0.980. The van der Waals surface area contributed by atoms with Crippen LogP contribution in [0.25, 0.3) is 0 Å². The molecule has 0 heterocycles. The van der Waals surface area contributed by atoms with Crippen molar-refractivity contribution < 1.29 is 34.8 Å². The highest BCUT2D eigenvalue weighted by Crippen LogP contribution is 2.02. The second kappa shape index (κ2) is 6.14. The van der Waals surface area contributed by atoms with Gasteiger partial charge in [0, 0.05) is 5.57 Å². The molecule has 0 aromatic rings. The Morgan fingerprint density at radius 3 is 1.87 bits per heavy atom. The number of rotatable bonds is 5. The van der Waals surface area contributed by atoms with Crippen LogP contribution in [0.15, 0.2) is 12.2 Å². The van der Waals surface area contributed by atoms with Crippen molar-refractivity contribution >= 4 is 33.9 Å². The van der Waals surface area contributed by atoms with Crippen molar-refractivity contribution in [1.29, 1.82) is 0 Å². The zero-order valence-corrected chi connectivity index (χ0v) is 8.86. The van der Waals surface area contributed by atoms with Crippen molar-refractivity contribution in [1.82, 2.24) is 0 Å². The number of hydrogen-bond acceptors (Lipinski definition) is 8. The number of hydrogen-bond donors (Lipinski definition) is 2. The van der Waals surface area contributed by atoms with Crippen LogP contribution in [0, 0.1) is 0 Å². The summed E-state index contributed by atoms with van der Waals surface area (Å²) in [4.78, 5) is 21.3. The Balaban J connectivity index is 4.25. The molecular weight excluding hydrogens is 252 g/mol. The van der Waals surface area contributed by atoms with Crippen molar-refractivity contribution in [3.05, 3.63) is 12.2 Å². The summed E-state index contributed by atoms with van der Waals surface area (Å²) in [6, 6.07) is 0.